The first-order valence-corrected chi connectivity index (χ1v) is 7.13. The lowest BCUT2D eigenvalue weighted by Gasteiger charge is -2.37. The lowest BCUT2D eigenvalue weighted by atomic mass is 10.1. The number of rotatable bonds is 6. The molecule has 19 heavy (non-hydrogen) atoms. The normalized spacial score (nSPS) is 16.4. The zero-order valence-corrected chi connectivity index (χ0v) is 12.0. The summed E-state index contributed by atoms with van der Waals surface area (Å²) in [5.74, 6) is 0. The van der Waals surface area contributed by atoms with Crippen molar-refractivity contribution in [1.82, 2.24) is 0 Å². The summed E-state index contributed by atoms with van der Waals surface area (Å²) in [4.78, 5) is 4.76. The predicted molar refractivity (Wildman–Crippen MR) is 81.0 cm³/mol. The summed E-state index contributed by atoms with van der Waals surface area (Å²) in [7, 11) is 2.15. The van der Waals surface area contributed by atoms with Crippen molar-refractivity contribution in [3.05, 3.63) is 24.3 Å². The molecule has 4 heteroatoms. The zero-order chi connectivity index (χ0) is 13.7. The summed E-state index contributed by atoms with van der Waals surface area (Å²) >= 11 is 0. The average Bonchev–Trinajstić information content (AvgIpc) is 2.45. The Morgan fingerprint density at radius 2 is 2.00 bits per heavy atom. The van der Waals surface area contributed by atoms with Crippen LogP contribution in [0.15, 0.2) is 24.3 Å². The molecule has 1 heterocycles. The van der Waals surface area contributed by atoms with Gasteiger partial charge in [0.2, 0.25) is 0 Å². The van der Waals surface area contributed by atoms with Crippen LogP contribution in [0, 0.1) is 0 Å². The second-order valence-electron chi connectivity index (χ2n) is 5.00. The van der Waals surface area contributed by atoms with Gasteiger partial charge >= 0.3 is 0 Å². The number of hydrogen-bond donors (Lipinski definition) is 1. The van der Waals surface area contributed by atoms with Gasteiger partial charge in [-0.05, 0) is 25.5 Å². The highest BCUT2D eigenvalue weighted by atomic mass is 16.5. The molecule has 0 fully saturated rings. The highest BCUT2D eigenvalue weighted by Gasteiger charge is 2.20. The fourth-order valence-corrected chi connectivity index (χ4v) is 2.60. The van der Waals surface area contributed by atoms with Gasteiger partial charge in [0.05, 0.1) is 17.5 Å². The molecule has 0 aromatic heterocycles. The lowest BCUT2D eigenvalue weighted by molar-refractivity contribution is 0.0644. The Labute approximate surface area is 116 Å². The van der Waals surface area contributed by atoms with Gasteiger partial charge in [0.1, 0.15) is 0 Å². The molecule has 1 aromatic rings. The largest absolute Gasteiger partial charge is 0.377 e. The van der Waals surface area contributed by atoms with E-state index in [-0.39, 0.29) is 6.10 Å². The van der Waals surface area contributed by atoms with Crippen LogP contribution in [-0.4, -0.2) is 45.9 Å². The molecule has 1 unspecified atom stereocenters. The molecule has 1 aliphatic rings. The maximum Gasteiger partial charge on any atom is 0.0713 e. The van der Waals surface area contributed by atoms with E-state index in [0.717, 1.165) is 32.7 Å². The number of nitrogens with two attached hydrogens (primary N) is 1. The minimum atomic E-state index is 0.178. The van der Waals surface area contributed by atoms with E-state index in [1.807, 2.05) is 6.92 Å². The topological polar surface area (TPSA) is 41.7 Å². The first-order valence-electron chi connectivity index (χ1n) is 7.13. The second kappa shape index (κ2) is 6.78. The predicted octanol–water partition coefficient (Wildman–Crippen LogP) is 1.70. The third kappa shape index (κ3) is 3.39. The summed E-state index contributed by atoms with van der Waals surface area (Å²) in [5.41, 5.74) is 8.38. The van der Waals surface area contributed by atoms with Gasteiger partial charge in [0.15, 0.2) is 0 Å². The zero-order valence-electron chi connectivity index (χ0n) is 12.0. The summed E-state index contributed by atoms with van der Waals surface area (Å²) in [5, 5.41) is 0. The van der Waals surface area contributed by atoms with Crippen molar-refractivity contribution in [3.63, 3.8) is 0 Å². The monoisotopic (exact) mass is 263 g/mol. The van der Waals surface area contributed by atoms with Crippen molar-refractivity contribution < 1.29 is 4.74 Å². The Morgan fingerprint density at radius 1 is 1.26 bits per heavy atom. The van der Waals surface area contributed by atoms with E-state index in [1.54, 1.807) is 0 Å². The Hall–Kier alpha value is -1.26. The summed E-state index contributed by atoms with van der Waals surface area (Å²) in [6.07, 6.45) is 1.17. The molecule has 1 aromatic carbocycles. The van der Waals surface area contributed by atoms with Gasteiger partial charge < -0.3 is 20.3 Å². The highest BCUT2D eigenvalue weighted by Crippen LogP contribution is 2.31. The molecule has 0 saturated heterocycles. The first kappa shape index (κ1) is 14.2. The molecule has 1 aliphatic heterocycles. The Kier molecular flexibility index (Phi) is 5.05. The molecule has 0 aliphatic carbocycles. The molecule has 0 bridgehead atoms. The minimum Gasteiger partial charge on any atom is -0.377 e. The minimum absolute atomic E-state index is 0.178. The van der Waals surface area contributed by atoms with Gasteiger partial charge in [-0.2, -0.15) is 0 Å². The van der Waals surface area contributed by atoms with Crippen LogP contribution in [0.3, 0.4) is 0 Å². The van der Waals surface area contributed by atoms with E-state index in [1.165, 1.54) is 11.4 Å². The van der Waals surface area contributed by atoms with E-state index in [2.05, 4.69) is 41.1 Å². The summed E-state index contributed by atoms with van der Waals surface area (Å²) in [6, 6.07) is 8.59. The summed E-state index contributed by atoms with van der Waals surface area (Å²) in [6.45, 7) is 6.50. The molecule has 0 spiro atoms. The van der Waals surface area contributed by atoms with Crippen molar-refractivity contribution >= 4 is 11.4 Å². The van der Waals surface area contributed by atoms with Crippen LogP contribution < -0.4 is 15.5 Å². The van der Waals surface area contributed by atoms with Gasteiger partial charge in [-0.25, -0.2) is 0 Å². The smallest absolute Gasteiger partial charge is 0.0713 e. The van der Waals surface area contributed by atoms with Gasteiger partial charge in [-0.3, -0.25) is 0 Å². The molecular weight excluding hydrogens is 238 g/mol. The quantitative estimate of drug-likeness (QED) is 0.848. The highest BCUT2D eigenvalue weighted by molar-refractivity contribution is 5.72. The Balaban J connectivity index is 2.00. The maximum atomic E-state index is 5.74. The van der Waals surface area contributed by atoms with Crippen molar-refractivity contribution in [3.8, 4) is 0 Å². The first-order chi connectivity index (χ1) is 9.26. The molecule has 0 radical (unpaired) electrons. The molecule has 4 nitrogen and oxygen atoms in total. The number of hydrogen-bond acceptors (Lipinski definition) is 4. The molecule has 0 saturated carbocycles. The van der Waals surface area contributed by atoms with Crippen molar-refractivity contribution in [2.45, 2.75) is 19.4 Å². The van der Waals surface area contributed by atoms with Crippen LogP contribution in [0.1, 0.15) is 13.3 Å². The van der Waals surface area contributed by atoms with Crippen LogP contribution in [0.2, 0.25) is 0 Å². The molecule has 1 atom stereocenters. The fourth-order valence-electron chi connectivity index (χ4n) is 2.60. The SMILES string of the molecule is CCOC(CN)CCN1CCN(C)c2ccccc21. The van der Waals surface area contributed by atoms with E-state index in [9.17, 15) is 0 Å². The van der Waals surface area contributed by atoms with Crippen molar-refractivity contribution in [1.29, 1.82) is 0 Å². The molecular formula is C15H25N3O. The number of nitrogens with zero attached hydrogens (tertiary/aromatic N) is 2. The number of benzene rings is 1. The third-order valence-corrected chi connectivity index (χ3v) is 3.73. The van der Waals surface area contributed by atoms with Crippen LogP contribution in [0.5, 0.6) is 0 Å². The van der Waals surface area contributed by atoms with Gasteiger partial charge in [-0.1, -0.05) is 12.1 Å². The van der Waals surface area contributed by atoms with E-state index in [4.69, 9.17) is 10.5 Å². The Morgan fingerprint density at radius 3 is 2.68 bits per heavy atom. The van der Waals surface area contributed by atoms with E-state index >= 15 is 0 Å². The van der Waals surface area contributed by atoms with Crippen LogP contribution in [-0.2, 0) is 4.74 Å². The molecule has 2 rings (SSSR count). The van der Waals surface area contributed by atoms with Gasteiger partial charge in [0.25, 0.3) is 0 Å². The fraction of sp³-hybridized carbons (Fsp3) is 0.600. The van der Waals surface area contributed by atoms with Crippen LogP contribution in [0.4, 0.5) is 11.4 Å². The number of para-hydroxylation sites is 2. The van der Waals surface area contributed by atoms with E-state index in [0.29, 0.717) is 6.54 Å². The standard InChI is InChI=1S/C15H25N3O/c1-3-19-13(12-16)8-9-18-11-10-17(2)14-6-4-5-7-15(14)18/h4-7,13H,3,8-12,16H2,1-2H3. The number of anilines is 2. The second-order valence-corrected chi connectivity index (χ2v) is 5.00. The molecule has 2 N–H and O–H groups in total. The number of ether oxygens (including phenoxy) is 1. The van der Waals surface area contributed by atoms with Crippen LogP contribution >= 0.6 is 0 Å². The number of fused-ring (bicyclic) bond motifs is 1. The van der Waals surface area contributed by atoms with Crippen molar-refractivity contribution in [2.75, 3.05) is 49.6 Å². The van der Waals surface area contributed by atoms with Crippen LogP contribution in [0.25, 0.3) is 0 Å². The third-order valence-electron chi connectivity index (χ3n) is 3.73. The lowest BCUT2D eigenvalue weighted by Crippen LogP contribution is -2.41. The maximum absolute atomic E-state index is 5.74. The molecule has 106 valence electrons. The van der Waals surface area contributed by atoms with Gasteiger partial charge in [0, 0.05) is 39.8 Å². The summed E-state index contributed by atoms with van der Waals surface area (Å²) < 4.78 is 5.63. The number of likely N-dealkylation sites (N-methyl/N-ethyl adjacent to an activating group) is 1. The van der Waals surface area contributed by atoms with Gasteiger partial charge in [-0.15, -0.1) is 0 Å². The average molecular weight is 263 g/mol. The molecule has 0 amide bonds. The Bertz CT molecular complexity index is 397. The van der Waals surface area contributed by atoms with Crippen molar-refractivity contribution in [2.24, 2.45) is 5.73 Å². The van der Waals surface area contributed by atoms with E-state index < -0.39 is 0 Å².